The Morgan fingerprint density at radius 1 is 1.29 bits per heavy atom. The first-order chi connectivity index (χ1) is 7.79. The molecule has 2 amide bonds. The van der Waals surface area contributed by atoms with Gasteiger partial charge in [0.05, 0.1) is 4.83 Å². The van der Waals surface area contributed by atoms with Crippen LogP contribution in [0.25, 0.3) is 0 Å². The summed E-state index contributed by atoms with van der Waals surface area (Å²) in [5, 5.41) is 2.80. The molecular weight excluding hydrogens is 284 g/mol. The normalized spacial score (nSPS) is 14.3. The Bertz CT molecular complexity index is 267. The lowest BCUT2D eigenvalue weighted by atomic mass is 10.0. The van der Waals surface area contributed by atoms with Crippen molar-refractivity contribution in [3.05, 3.63) is 0 Å². The molecule has 4 nitrogen and oxygen atoms in total. The zero-order valence-corrected chi connectivity index (χ0v) is 12.9. The van der Waals surface area contributed by atoms with Gasteiger partial charge < -0.3 is 10.2 Å². The van der Waals surface area contributed by atoms with Crippen molar-refractivity contribution in [3.8, 4) is 0 Å². The van der Waals surface area contributed by atoms with Crippen LogP contribution in [-0.2, 0) is 9.59 Å². The third kappa shape index (κ3) is 6.05. The Morgan fingerprint density at radius 3 is 2.18 bits per heavy atom. The number of alkyl halides is 1. The van der Waals surface area contributed by atoms with Gasteiger partial charge in [0.1, 0.15) is 6.04 Å². The van der Waals surface area contributed by atoms with E-state index in [0.717, 1.165) is 0 Å². The van der Waals surface area contributed by atoms with Crippen LogP contribution in [0.1, 0.15) is 33.6 Å². The summed E-state index contributed by atoms with van der Waals surface area (Å²) in [5.74, 6) is 0.191. The Balaban J connectivity index is 4.59. The van der Waals surface area contributed by atoms with Gasteiger partial charge in [0.15, 0.2) is 0 Å². The molecule has 0 aromatic rings. The fourth-order valence-corrected chi connectivity index (χ4v) is 1.58. The molecule has 2 unspecified atom stereocenters. The number of likely N-dealkylation sites (N-methyl/N-ethyl adjacent to an activating group) is 1. The van der Waals surface area contributed by atoms with E-state index in [1.807, 2.05) is 20.8 Å². The number of carbonyl (C=O) groups excluding carboxylic acids is 2. The number of halogens is 1. The molecule has 0 aliphatic carbocycles. The second kappa shape index (κ2) is 7.69. The second-order valence-electron chi connectivity index (χ2n) is 4.80. The molecule has 0 aliphatic rings. The van der Waals surface area contributed by atoms with Crippen molar-refractivity contribution >= 4 is 27.7 Å². The van der Waals surface area contributed by atoms with Crippen LogP contribution in [0.3, 0.4) is 0 Å². The lowest BCUT2D eigenvalue weighted by Crippen LogP contribution is -2.48. The van der Waals surface area contributed by atoms with Crippen molar-refractivity contribution in [2.24, 2.45) is 5.92 Å². The van der Waals surface area contributed by atoms with E-state index in [4.69, 9.17) is 0 Å². The molecule has 0 saturated heterocycles. The third-order valence-corrected chi connectivity index (χ3v) is 3.47. The van der Waals surface area contributed by atoms with Crippen molar-refractivity contribution in [2.75, 3.05) is 14.1 Å². The Morgan fingerprint density at radius 2 is 1.82 bits per heavy atom. The molecule has 0 bridgehead atoms. The fraction of sp³-hybridized carbons (Fsp3) is 0.833. The molecule has 0 radical (unpaired) electrons. The smallest absolute Gasteiger partial charge is 0.244 e. The van der Waals surface area contributed by atoms with E-state index in [2.05, 4.69) is 21.2 Å². The zero-order chi connectivity index (χ0) is 13.6. The van der Waals surface area contributed by atoms with Gasteiger partial charge in [-0.05, 0) is 18.8 Å². The predicted octanol–water partition coefficient (Wildman–Crippen LogP) is 1.78. The van der Waals surface area contributed by atoms with E-state index in [1.54, 1.807) is 14.1 Å². The first kappa shape index (κ1) is 16.4. The highest BCUT2D eigenvalue weighted by Crippen LogP contribution is 2.10. The fourth-order valence-electron chi connectivity index (χ4n) is 1.45. The first-order valence-corrected chi connectivity index (χ1v) is 6.86. The van der Waals surface area contributed by atoms with Gasteiger partial charge in [-0.15, -0.1) is 0 Å². The van der Waals surface area contributed by atoms with E-state index in [-0.39, 0.29) is 16.6 Å². The summed E-state index contributed by atoms with van der Waals surface area (Å²) in [7, 11) is 3.40. The molecule has 0 heterocycles. The molecule has 1 N–H and O–H groups in total. The maximum Gasteiger partial charge on any atom is 0.244 e. The van der Waals surface area contributed by atoms with Crippen LogP contribution in [0.4, 0.5) is 0 Å². The quantitative estimate of drug-likeness (QED) is 0.761. The zero-order valence-electron chi connectivity index (χ0n) is 11.3. The minimum Gasteiger partial charge on any atom is -0.347 e. The summed E-state index contributed by atoms with van der Waals surface area (Å²) < 4.78 is 0. The van der Waals surface area contributed by atoms with E-state index >= 15 is 0 Å². The van der Waals surface area contributed by atoms with Gasteiger partial charge in [-0.25, -0.2) is 0 Å². The number of hydrogen-bond donors (Lipinski definition) is 1. The Kier molecular flexibility index (Phi) is 7.43. The van der Waals surface area contributed by atoms with Crippen LogP contribution in [-0.4, -0.2) is 41.7 Å². The van der Waals surface area contributed by atoms with Gasteiger partial charge in [0.2, 0.25) is 11.8 Å². The van der Waals surface area contributed by atoms with Crippen molar-refractivity contribution < 1.29 is 9.59 Å². The number of hydrogen-bond acceptors (Lipinski definition) is 2. The van der Waals surface area contributed by atoms with Gasteiger partial charge in [0, 0.05) is 14.1 Å². The second-order valence-corrected chi connectivity index (χ2v) is 5.90. The van der Waals surface area contributed by atoms with E-state index in [9.17, 15) is 9.59 Å². The maximum atomic E-state index is 11.9. The maximum absolute atomic E-state index is 11.9. The van der Waals surface area contributed by atoms with E-state index in [1.165, 1.54) is 4.90 Å². The molecule has 0 fully saturated rings. The van der Waals surface area contributed by atoms with Gasteiger partial charge in [-0.1, -0.05) is 36.7 Å². The summed E-state index contributed by atoms with van der Waals surface area (Å²) in [6.45, 7) is 5.99. The van der Waals surface area contributed by atoms with Crippen molar-refractivity contribution in [1.29, 1.82) is 0 Å². The van der Waals surface area contributed by atoms with Crippen LogP contribution in [0.5, 0.6) is 0 Å². The lowest BCUT2D eigenvalue weighted by molar-refractivity contribution is -0.134. The van der Waals surface area contributed by atoms with Gasteiger partial charge >= 0.3 is 0 Å². The minimum absolute atomic E-state index is 0.0529. The topological polar surface area (TPSA) is 49.4 Å². The molecule has 17 heavy (non-hydrogen) atoms. The van der Waals surface area contributed by atoms with E-state index < -0.39 is 6.04 Å². The number of amides is 2. The number of rotatable bonds is 6. The van der Waals surface area contributed by atoms with Crippen molar-refractivity contribution in [1.82, 2.24) is 10.2 Å². The summed E-state index contributed by atoms with van der Waals surface area (Å²) in [6.07, 6.45) is 1.36. The molecule has 0 saturated carbocycles. The standard InChI is InChI=1S/C12H23BrN2O2/c1-6-9(13)11(16)14-10(7-8(2)3)12(17)15(4)5/h8-10H,6-7H2,1-5H3,(H,14,16). The van der Waals surface area contributed by atoms with Crippen LogP contribution in [0.2, 0.25) is 0 Å². The highest BCUT2D eigenvalue weighted by atomic mass is 79.9. The molecule has 100 valence electrons. The molecule has 5 heteroatoms. The Hall–Kier alpha value is -0.580. The van der Waals surface area contributed by atoms with Crippen molar-refractivity contribution in [2.45, 2.75) is 44.5 Å². The monoisotopic (exact) mass is 306 g/mol. The number of nitrogens with zero attached hydrogens (tertiary/aromatic N) is 1. The summed E-state index contributed by atoms with van der Waals surface area (Å²) in [6, 6.07) is -0.427. The van der Waals surface area contributed by atoms with Crippen LogP contribution < -0.4 is 5.32 Å². The highest BCUT2D eigenvalue weighted by molar-refractivity contribution is 9.10. The van der Waals surface area contributed by atoms with Gasteiger partial charge in [-0.3, -0.25) is 9.59 Å². The molecular formula is C12H23BrN2O2. The van der Waals surface area contributed by atoms with Gasteiger partial charge in [-0.2, -0.15) is 0 Å². The third-order valence-electron chi connectivity index (χ3n) is 2.41. The first-order valence-electron chi connectivity index (χ1n) is 5.95. The van der Waals surface area contributed by atoms with Crippen LogP contribution in [0, 0.1) is 5.92 Å². The van der Waals surface area contributed by atoms with Crippen LogP contribution in [0.15, 0.2) is 0 Å². The predicted molar refractivity (Wildman–Crippen MR) is 73.1 cm³/mol. The number of carbonyl (C=O) groups is 2. The molecule has 0 rings (SSSR count). The summed E-state index contributed by atoms with van der Waals surface area (Å²) >= 11 is 3.29. The minimum atomic E-state index is -0.427. The molecule has 0 aromatic heterocycles. The van der Waals surface area contributed by atoms with Crippen LogP contribution >= 0.6 is 15.9 Å². The molecule has 0 aromatic carbocycles. The van der Waals surface area contributed by atoms with E-state index in [0.29, 0.717) is 18.8 Å². The Labute approximate surface area is 112 Å². The average Bonchev–Trinajstić information content (AvgIpc) is 2.24. The SMILES string of the molecule is CCC(Br)C(=O)NC(CC(C)C)C(=O)N(C)C. The summed E-state index contributed by atoms with van der Waals surface area (Å²) in [4.78, 5) is 25.0. The van der Waals surface area contributed by atoms with Gasteiger partial charge in [0.25, 0.3) is 0 Å². The van der Waals surface area contributed by atoms with Crippen molar-refractivity contribution in [3.63, 3.8) is 0 Å². The molecule has 2 atom stereocenters. The molecule has 0 spiro atoms. The molecule has 0 aliphatic heterocycles. The largest absolute Gasteiger partial charge is 0.347 e. The average molecular weight is 307 g/mol. The number of nitrogens with one attached hydrogen (secondary N) is 1. The lowest BCUT2D eigenvalue weighted by Gasteiger charge is -2.24. The highest BCUT2D eigenvalue weighted by Gasteiger charge is 2.25. The summed E-state index contributed by atoms with van der Waals surface area (Å²) in [5.41, 5.74) is 0.